The minimum atomic E-state index is -0.224. The highest BCUT2D eigenvalue weighted by Crippen LogP contribution is 2.42. The quantitative estimate of drug-likeness (QED) is 0.583. The standard InChI is InChI=1S/C27H24FN5/c1-18-15-20(12-13-21(18)28)33-26-10-3-2-9-23(26)32-25-16-24(22(29)8-6-11-27(25)33)31-19-7-4-5-14-30-17-19/h2-5,9-17,29,31H,6-8H2,1H3/b24-16+,27-11+,29-22?. The van der Waals surface area contributed by atoms with Crippen LogP contribution in [0.1, 0.15) is 24.8 Å². The molecule has 2 aliphatic heterocycles. The third-order valence-corrected chi connectivity index (χ3v) is 5.78. The number of benzene rings is 2. The van der Waals surface area contributed by atoms with Gasteiger partial charge in [-0.1, -0.05) is 24.3 Å². The summed E-state index contributed by atoms with van der Waals surface area (Å²) in [4.78, 5) is 11.3. The Hall–Kier alpha value is -4.06. The largest absolute Gasteiger partial charge is 0.356 e. The van der Waals surface area contributed by atoms with Crippen molar-refractivity contribution in [2.45, 2.75) is 26.2 Å². The SMILES string of the molecule is Cc1cc(N2/C3=C/CCC(=N)/C(NC4=CN=CC=CC4)=C\C3=Nc3ccccc32)ccc1F. The number of nitrogens with one attached hydrogen (secondary N) is 2. The molecule has 0 radical (unpaired) electrons. The number of rotatable bonds is 3. The Kier molecular flexibility index (Phi) is 5.57. The Morgan fingerprint density at radius 2 is 2.03 bits per heavy atom. The molecule has 164 valence electrons. The van der Waals surface area contributed by atoms with E-state index in [1.165, 1.54) is 6.07 Å². The van der Waals surface area contributed by atoms with Crippen LogP contribution in [0.4, 0.5) is 21.5 Å². The zero-order valence-corrected chi connectivity index (χ0v) is 18.3. The summed E-state index contributed by atoms with van der Waals surface area (Å²) in [6.07, 6.45) is 13.5. The molecule has 0 fully saturated rings. The fourth-order valence-corrected chi connectivity index (χ4v) is 4.10. The molecule has 3 aliphatic rings. The number of fused-ring (bicyclic) bond motifs is 2. The van der Waals surface area contributed by atoms with Crippen LogP contribution in [0.5, 0.6) is 0 Å². The molecule has 0 spiro atoms. The molecule has 5 nitrogen and oxygen atoms in total. The third-order valence-electron chi connectivity index (χ3n) is 5.78. The van der Waals surface area contributed by atoms with E-state index in [2.05, 4.69) is 21.3 Å². The van der Waals surface area contributed by atoms with E-state index in [-0.39, 0.29) is 5.82 Å². The van der Waals surface area contributed by atoms with E-state index in [4.69, 9.17) is 10.4 Å². The van der Waals surface area contributed by atoms with Gasteiger partial charge in [-0.25, -0.2) is 9.38 Å². The lowest BCUT2D eigenvalue weighted by Crippen LogP contribution is -2.29. The molecule has 0 bridgehead atoms. The molecular formula is C27H24FN5. The highest BCUT2D eigenvalue weighted by Gasteiger charge is 2.27. The van der Waals surface area contributed by atoms with Crippen molar-refractivity contribution in [1.29, 1.82) is 5.41 Å². The van der Waals surface area contributed by atoms with Crippen LogP contribution in [-0.4, -0.2) is 17.6 Å². The van der Waals surface area contributed by atoms with E-state index < -0.39 is 0 Å². The maximum absolute atomic E-state index is 14.0. The van der Waals surface area contributed by atoms with Gasteiger partial charge in [-0.2, -0.15) is 0 Å². The molecular weight excluding hydrogens is 413 g/mol. The van der Waals surface area contributed by atoms with Crippen molar-refractivity contribution in [3.8, 4) is 0 Å². The van der Waals surface area contributed by atoms with Gasteiger partial charge in [-0.3, -0.25) is 4.99 Å². The lowest BCUT2D eigenvalue weighted by molar-refractivity contribution is 0.618. The molecule has 0 amide bonds. The predicted molar refractivity (Wildman–Crippen MR) is 133 cm³/mol. The number of nitrogens with zero attached hydrogens (tertiary/aromatic N) is 3. The third kappa shape index (κ3) is 4.20. The average Bonchev–Trinajstić information content (AvgIpc) is 3.08. The number of anilines is 2. The fourth-order valence-electron chi connectivity index (χ4n) is 4.10. The predicted octanol–water partition coefficient (Wildman–Crippen LogP) is 6.40. The van der Waals surface area contributed by atoms with Crippen molar-refractivity contribution in [3.05, 3.63) is 101 Å². The maximum Gasteiger partial charge on any atom is 0.126 e. The second-order valence-electron chi connectivity index (χ2n) is 8.13. The molecule has 33 heavy (non-hydrogen) atoms. The van der Waals surface area contributed by atoms with Gasteiger partial charge in [0.25, 0.3) is 0 Å². The van der Waals surface area contributed by atoms with Gasteiger partial charge in [-0.15, -0.1) is 0 Å². The Morgan fingerprint density at radius 1 is 1.15 bits per heavy atom. The van der Waals surface area contributed by atoms with E-state index in [1.807, 2.05) is 48.6 Å². The summed E-state index contributed by atoms with van der Waals surface area (Å²) in [7, 11) is 0. The van der Waals surface area contributed by atoms with Crippen molar-refractivity contribution in [2.75, 3.05) is 4.90 Å². The van der Waals surface area contributed by atoms with Crippen molar-refractivity contribution in [3.63, 3.8) is 0 Å². The van der Waals surface area contributed by atoms with Crippen LogP contribution in [0.2, 0.25) is 0 Å². The molecule has 5 rings (SSSR count). The van der Waals surface area contributed by atoms with Gasteiger partial charge < -0.3 is 15.6 Å². The summed E-state index contributed by atoms with van der Waals surface area (Å²) < 4.78 is 14.0. The molecule has 2 N–H and O–H groups in total. The molecule has 2 aromatic rings. The summed E-state index contributed by atoms with van der Waals surface area (Å²) in [5.74, 6) is -0.224. The number of halogens is 1. The van der Waals surface area contributed by atoms with Crippen LogP contribution >= 0.6 is 0 Å². The van der Waals surface area contributed by atoms with Crippen LogP contribution < -0.4 is 10.2 Å². The van der Waals surface area contributed by atoms with Gasteiger partial charge >= 0.3 is 0 Å². The van der Waals surface area contributed by atoms with Crippen molar-refractivity contribution >= 4 is 34.7 Å². The molecule has 1 aliphatic carbocycles. The first-order valence-electron chi connectivity index (χ1n) is 11.0. The second-order valence-corrected chi connectivity index (χ2v) is 8.13. The number of aryl methyl sites for hydroxylation is 1. The summed E-state index contributed by atoms with van der Waals surface area (Å²) in [5, 5.41) is 12.0. The Morgan fingerprint density at radius 3 is 2.91 bits per heavy atom. The summed E-state index contributed by atoms with van der Waals surface area (Å²) in [5.41, 5.74) is 7.09. The Bertz CT molecular complexity index is 1310. The normalized spacial score (nSPS) is 20.7. The van der Waals surface area contributed by atoms with Gasteiger partial charge in [0.1, 0.15) is 5.82 Å². The smallest absolute Gasteiger partial charge is 0.126 e. The number of para-hydroxylation sites is 2. The lowest BCUT2D eigenvalue weighted by Gasteiger charge is -2.33. The van der Waals surface area contributed by atoms with Gasteiger partial charge in [-0.05, 0) is 67.8 Å². The van der Waals surface area contributed by atoms with Crippen molar-refractivity contribution < 1.29 is 4.39 Å². The highest BCUT2D eigenvalue weighted by atomic mass is 19.1. The highest BCUT2D eigenvalue weighted by molar-refractivity contribution is 6.19. The zero-order chi connectivity index (χ0) is 22.8. The van der Waals surface area contributed by atoms with E-state index in [9.17, 15) is 4.39 Å². The number of hydrogen-bond acceptors (Lipinski definition) is 5. The first-order chi connectivity index (χ1) is 16.1. The minimum Gasteiger partial charge on any atom is -0.356 e. The summed E-state index contributed by atoms with van der Waals surface area (Å²) >= 11 is 0. The topological polar surface area (TPSA) is 63.8 Å². The van der Waals surface area contributed by atoms with Gasteiger partial charge in [0.05, 0.1) is 34.2 Å². The minimum absolute atomic E-state index is 0.224. The average molecular weight is 438 g/mol. The van der Waals surface area contributed by atoms with E-state index in [0.29, 0.717) is 36.2 Å². The first kappa shape index (κ1) is 20.8. The van der Waals surface area contributed by atoms with Gasteiger partial charge in [0.15, 0.2) is 0 Å². The summed E-state index contributed by atoms with van der Waals surface area (Å²) in [6, 6.07) is 13.1. The maximum atomic E-state index is 14.0. The molecule has 0 atom stereocenters. The Labute approximate surface area is 192 Å². The molecule has 0 aromatic heterocycles. The first-order valence-corrected chi connectivity index (χ1v) is 11.0. The fraction of sp³-hybridized carbons (Fsp3) is 0.148. The lowest BCUT2D eigenvalue weighted by atomic mass is 9.99. The van der Waals surface area contributed by atoms with Crippen LogP contribution in [0.25, 0.3) is 0 Å². The number of hydrogen-bond donors (Lipinski definition) is 2. The van der Waals surface area contributed by atoms with Crippen molar-refractivity contribution in [1.82, 2.24) is 5.32 Å². The van der Waals surface area contributed by atoms with Crippen LogP contribution in [-0.2, 0) is 0 Å². The van der Waals surface area contributed by atoms with E-state index in [1.54, 1.807) is 25.4 Å². The molecule has 0 saturated heterocycles. The zero-order valence-electron chi connectivity index (χ0n) is 18.3. The van der Waals surface area contributed by atoms with Crippen LogP contribution in [0.3, 0.4) is 0 Å². The molecule has 0 saturated carbocycles. The monoisotopic (exact) mass is 437 g/mol. The molecule has 6 heteroatoms. The second kappa shape index (κ2) is 8.82. The van der Waals surface area contributed by atoms with E-state index in [0.717, 1.165) is 34.2 Å². The van der Waals surface area contributed by atoms with Crippen LogP contribution in [0.15, 0.2) is 100 Å². The number of allylic oxidation sites excluding steroid dienone is 5. The molecule has 0 unspecified atom stereocenters. The summed E-state index contributed by atoms with van der Waals surface area (Å²) in [6.45, 7) is 1.77. The van der Waals surface area contributed by atoms with Gasteiger partial charge in [0.2, 0.25) is 0 Å². The van der Waals surface area contributed by atoms with Crippen LogP contribution in [0, 0.1) is 18.2 Å². The van der Waals surface area contributed by atoms with E-state index >= 15 is 0 Å². The molecule has 2 aromatic carbocycles. The number of aliphatic imine (C=N–C) groups is 2. The van der Waals surface area contributed by atoms with Crippen molar-refractivity contribution in [2.24, 2.45) is 9.98 Å². The molecule has 2 heterocycles. The van der Waals surface area contributed by atoms with Gasteiger partial charge in [0, 0.05) is 30.2 Å². The Balaban J connectivity index is 1.62.